The Morgan fingerprint density at radius 2 is 0.619 bits per heavy atom. The molecule has 0 rings (SSSR count). The fraction of sp³-hybridized carbons (Fsp3) is 0.789. The van der Waals surface area contributed by atoms with Crippen LogP contribution in [0, 0.1) is 0 Å². The molecule has 0 aliphatic rings. The number of amides is 2. The van der Waals surface area contributed by atoms with Crippen LogP contribution in [-0.4, -0.2) is 11.8 Å². The highest BCUT2D eigenvalue weighted by molar-refractivity contribution is 5.73. The maximum atomic E-state index is 10.5. The van der Waals surface area contributed by atoms with Crippen molar-refractivity contribution in [3.63, 3.8) is 0 Å². The van der Waals surface area contributed by atoms with Crippen molar-refractivity contribution in [2.75, 3.05) is 0 Å². The Bertz CT molecular complexity index is 536. The van der Waals surface area contributed by atoms with Gasteiger partial charge in [-0.2, -0.15) is 0 Å². The number of hydrogen-bond acceptors (Lipinski definition) is 2. The summed E-state index contributed by atoms with van der Waals surface area (Å²) in [6.07, 6.45) is 43.8. The Hall–Kier alpha value is -1.84. The van der Waals surface area contributed by atoms with Crippen LogP contribution < -0.4 is 11.5 Å². The zero-order valence-corrected chi connectivity index (χ0v) is 28.5. The van der Waals surface area contributed by atoms with E-state index < -0.39 is 0 Å². The average Bonchev–Trinajstić information content (AvgIpc) is 2.98. The summed E-state index contributed by atoms with van der Waals surface area (Å²) < 4.78 is 0. The third-order valence-electron chi connectivity index (χ3n) is 7.37. The highest BCUT2D eigenvalue weighted by Gasteiger charge is 1.95. The van der Waals surface area contributed by atoms with Crippen molar-refractivity contribution in [3.8, 4) is 0 Å². The van der Waals surface area contributed by atoms with Gasteiger partial charge in [-0.05, 0) is 64.2 Å². The Labute approximate surface area is 263 Å². The normalized spacial score (nSPS) is 10.8. The molecule has 42 heavy (non-hydrogen) atoms. The second-order valence-corrected chi connectivity index (χ2v) is 11.6. The van der Waals surface area contributed by atoms with E-state index in [9.17, 15) is 9.59 Å². The van der Waals surface area contributed by atoms with Crippen molar-refractivity contribution in [2.24, 2.45) is 11.5 Å². The van der Waals surface area contributed by atoms with Gasteiger partial charge >= 0.3 is 0 Å². The zero-order valence-electron chi connectivity index (χ0n) is 28.5. The molecule has 0 heterocycles. The van der Waals surface area contributed by atoms with Gasteiger partial charge in [-0.1, -0.05) is 141 Å². The molecule has 0 fully saturated rings. The molecular formula is C38H74N2O2. The molecule has 0 aromatic carbocycles. The molecule has 0 spiro atoms. The van der Waals surface area contributed by atoms with Gasteiger partial charge in [0.25, 0.3) is 0 Å². The molecule has 0 aliphatic carbocycles. The molecule has 248 valence electrons. The Morgan fingerprint density at radius 3 is 0.857 bits per heavy atom. The number of unbranched alkanes of at least 4 members (excludes halogenated alkanes) is 22. The molecule has 0 aliphatic heterocycles. The lowest BCUT2D eigenvalue weighted by Gasteiger charge is -1.99. The van der Waals surface area contributed by atoms with Gasteiger partial charge in [-0.15, -0.1) is 13.2 Å². The summed E-state index contributed by atoms with van der Waals surface area (Å²) in [6.45, 7) is 10.5. The number of carbonyl (C=O) groups is 2. The smallest absolute Gasteiger partial charge is 0.217 e. The van der Waals surface area contributed by atoms with Crippen molar-refractivity contribution >= 4 is 11.8 Å². The van der Waals surface area contributed by atoms with E-state index in [-0.39, 0.29) is 11.8 Å². The van der Waals surface area contributed by atoms with Gasteiger partial charge < -0.3 is 11.5 Å². The van der Waals surface area contributed by atoms with E-state index in [0.717, 1.165) is 25.7 Å². The van der Waals surface area contributed by atoms with Crippen LogP contribution in [0.15, 0.2) is 37.5 Å². The lowest BCUT2D eigenvalue weighted by molar-refractivity contribution is -0.119. The summed E-state index contributed by atoms with van der Waals surface area (Å²) in [7, 11) is 0. The molecule has 4 nitrogen and oxygen atoms in total. The zero-order chi connectivity index (χ0) is 31.8. The molecule has 0 aromatic rings. The number of nitrogens with two attached hydrogens (primary N) is 2. The monoisotopic (exact) mass is 591 g/mol. The van der Waals surface area contributed by atoms with Gasteiger partial charge in [0.2, 0.25) is 11.8 Å². The molecule has 4 heteroatoms. The van der Waals surface area contributed by atoms with E-state index in [4.69, 9.17) is 11.5 Å². The lowest BCUT2D eigenvalue weighted by atomic mass is 10.1. The van der Waals surface area contributed by atoms with Crippen LogP contribution in [0.25, 0.3) is 0 Å². The highest BCUT2D eigenvalue weighted by Crippen LogP contribution is 2.11. The quantitative estimate of drug-likeness (QED) is 0.0644. The first-order chi connectivity index (χ1) is 20.5. The van der Waals surface area contributed by atoms with Gasteiger partial charge in [0.05, 0.1) is 0 Å². The largest absolute Gasteiger partial charge is 0.370 e. The summed E-state index contributed by atoms with van der Waals surface area (Å²) in [5.41, 5.74) is 10.2. The van der Waals surface area contributed by atoms with E-state index >= 15 is 0 Å². The van der Waals surface area contributed by atoms with E-state index in [1.54, 1.807) is 0 Å². The van der Waals surface area contributed by atoms with Crippen molar-refractivity contribution in [1.29, 1.82) is 0 Å². The van der Waals surface area contributed by atoms with Crippen LogP contribution in [-0.2, 0) is 9.59 Å². The summed E-state index contributed by atoms with van der Waals surface area (Å²) in [5, 5.41) is 0. The maximum absolute atomic E-state index is 10.5. The molecule has 2 amide bonds. The van der Waals surface area contributed by atoms with Gasteiger partial charge in [0.15, 0.2) is 0 Å². The predicted octanol–water partition coefficient (Wildman–Crippen LogP) is 11.8. The summed E-state index contributed by atoms with van der Waals surface area (Å²) in [6, 6.07) is 0. The van der Waals surface area contributed by atoms with E-state index in [0.29, 0.717) is 12.8 Å². The van der Waals surface area contributed by atoms with Crippen molar-refractivity contribution in [2.45, 2.75) is 194 Å². The van der Waals surface area contributed by atoms with Gasteiger partial charge in [-0.25, -0.2) is 0 Å². The molecule has 0 atom stereocenters. The SMILES string of the molecule is C=C.CCCCCCCC/C=C\CCCCCCCC(N)=O.CCCCCCCC/C=C\CCCCCCCC(N)=O. The number of rotatable bonds is 30. The van der Waals surface area contributed by atoms with Crippen LogP contribution in [0.5, 0.6) is 0 Å². The second kappa shape index (κ2) is 43.6. The van der Waals surface area contributed by atoms with Crippen molar-refractivity contribution in [1.82, 2.24) is 0 Å². The van der Waals surface area contributed by atoms with Gasteiger partial charge in [0, 0.05) is 12.8 Å². The first kappa shape index (κ1) is 44.6. The van der Waals surface area contributed by atoms with Crippen LogP contribution in [0.1, 0.15) is 194 Å². The third kappa shape index (κ3) is 50.9. The second-order valence-electron chi connectivity index (χ2n) is 11.6. The molecule has 0 bridgehead atoms. The third-order valence-corrected chi connectivity index (χ3v) is 7.37. The summed E-state index contributed by atoms with van der Waals surface area (Å²) in [4.78, 5) is 21.1. The average molecular weight is 591 g/mol. The number of allylic oxidation sites excluding steroid dienone is 4. The molecule has 0 saturated heterocycles. The molecule has 0 aromatic heterocycles. The Morgan fingerprint density at radius 1 is 0.405 bits per heavy atom. The minimum absolute atomic E-state index is 0.164. The minimum Gasteiger partial charge on any atom is -0.370 e. The molecular weight excluding hydrogens is 516 g/mol. The number of carbonyl (C=O) groups excluding carboxylic acids is 2. The topological polar surface area (TPSA) is 86.2 Å². The Balaban J connectivity index is -0.000000683. The summed E-state index contributed by atoms with van der Waals surface area (Å²) >= 11 is 0. The van der Waals surface area contributed by atoms with Crippen molar-refractivity contribution in [3.05, 3.63) is 37.5 Å². The summed E-state index contributed by atoms with van der Waals surface area (Å²) in [5.74, 6) is -0.328. The standard InChI is InChI=1S/2C18H35NO.C2H4/c2*1-2-3-4-5-6-7-8-9-10-11-12-13-14-15-16-17-18(19)20;1-2/h2*9-10H,2-8,11-17H2,1H3,(H2,19,20);1-2H2/b2*10-9-;. The molecule has 4 N–H and O–H groups in total. The van der Waals surface area contributed by atoms with Gasteiger partial charge in [-0.3, -0.25) is 9.59 Å². The highest BCUT2D eigenvalue weighted by atomic mass is 16.1. The minimum atomic E-state index is -0.164. The fourth-order valence-electron chi connectivity index (χ4n) is 4.74. The van der Waals surface area contributed by atoms with Crippen LogP contribution >= 0.6 is 0 Å². The van der Waals surface area contributed by atoms with Crippen molar-refractivity contribution < 1.29 is 9.59 Å². The lowest BCUT2D eigenvalue weighted by Crippen LogP contribution is -2.09. The fourth-order valence-corrected chi connectivity index (χ4v) is 4.74. The van der Waals surface area contributed by atoms with E-state index in [2.05, 4.69) is 51.3 Å². The number of hydrogen-bond donors (Lipinski definition) is 2. The van der Waals surface area contributed by atoms with E-state index in [1.165, 1.54) is 141 Å². The van der Waals surface area contributed by atoms with Crippen LogP contribution in [0.2, 0.25) is 0 Å². The first-order valence-electron chi connectivity index (χ1n) is 17.9. The van der Waals surface area contributed by atoms with Crippen LogP contribution in [0.3, 0.4) is 0 Å². The Kier molecular flexibility index (Phi) is 46.3. The first-order valence-corrected chi connectivity index (χ1v) is 17.9. The predicted molar refractivity (Wildman–Crippen MR) is 189 cm³/mol. The molecule has 0 saturated carbocycles. The molecule has 0 radical (unpaired) electrons. The maximum Gasteiger partial charge on any atom is 0.217 e. The van der Waals surface area contributed by atoms with Gasteiger partial charge in [0.1, 0.15) is 0 Å². The van der Waals surface area contributed by atoms with E-state index in [1.807, 2.05) is 0 Å². The molecule has 0 unspecified atom stereocenters. The van der Waals surface area contributed by atoms with Crippen LogP contribution in [0.4, 0.5) is 0 Å². The number of primary amides is 2.